The van der Waals surface area contributed by atoms with Crippen LogP contribution in [0.4, 0.5) is 18.9 Å². The molecule has 1 aromatic heterocycles. The van der Waals surface area contributed by atoms with E-state index in [4.69, 9.17) is 0 Å². The molecule has 13 heteroatoms. The van der Waals surface area contributed by atoms with Crippen LogP contribution in [0.2, 0.25) is 0 Å². The van der Waals surface area contributed by atoms with Crippen molar-refractivity contribution in [3.8, 4) is 0 Å². The monoisotopic (exact) mass is 597 g/mol. The van der Waals surface area contributed by atoms with Gasteiger partial charge in [0.2, 0.25) is 15.6 Å². The van der Waals surface area contributed by atoms with Crippen LogP contribution in [0.5, 0.6) is 0 Å². The van der Waals surface area contributed by atoms with Gasteiger partial charge in [0, 0.05) is 40.3 Å². The molecule has 0 fully saturated rings. The second kappa shape index (κ2) is 9.89. The maximum atomic E-state index is 14.4. The number of benzene rings is 3. The van der Waals surface area contributed by atoms with Crippen LogP contribution in [0, 0.1) is 10.1 Å². The zero-order valence-electron chi connectivity index (χ0n) is 18.8. The van der Waals surface area contributed by atoms with Crippen LogP contribution in [0.1, 0.15) is 11.1 Å². The smallest absolute Gasteiger partial charge is 0.375 e. The lowest BCUT2D eigenvalue weighted by Gasteiger charge is -2.30. The zero-order valence-corrected chi connectivity index (χ0v) is 21.2. The Labute approximate surface area is 217 Å². The number of hydrogen-bond acceptors (Lipinski definition) is 5. The second-order valence-corrected chi connectivity index (χ2v) is 10.9. The normalized spacial score (nSPS) is 14.0. The SMILES string of the molecule is O=[N+]([O-])c1ccc2c(C(O)(CNS(=O)(=O)c3ccc(Br)cc3)C(F)(F)F)cn(Cc3ccccc3)c2c1. The molecule has 4 aromatic rings. The predicted molar refractivity (Wildman–Crippen MR) is 133 cm³/mol. The third-order valence-corrected chi connectivity index (χ3v) is 7.77. The first kappa shape index (κ1) is 26.8. The van der Waals surface area contributed by atoms with Crippen LogP contribution >= 0.6 is 15.9 Å². The van der Waals surface area contributed by atoms with Gasteiger partial charge in [0.15, 0.2) is 0 Å². The maximum Gasteiger partial charge on any atom is 0.422 e. The minimum atomic E-state index is -5.30. The number of aliphatic hydroxyl groups is 1. The highest BCUT2D eigenvalue weighted by atomic mass is 79.9. The number of fused-ring (bicyclic) bond motifs is 1. The van der Waals surface area contributed by atoms with Gasteiger partial charge in [-0.05, 0) is 35.9 Å². The molecule has 4 rings (SSSR count). The van der Waals surface area contributed by atoms with Crippen molar-refractivity contribution in [2.45, 2.75) is 23.2 Å². The fourth-order valence-electron chi connectivity index (χ4n) is 3.88. The predicted octanol–water partition coefficient (Wildman–Crippen LogP) is 5.09. The Morgan fingerprint density at radius 3 is 2.27 bits per heavy atom. The fourth-order valence-corrected chi connectivity index (χ4v) is 5.20. The first-order chi connectivity index (χ1) is 17.3. The van der Waals surface area contributed by atoms with Gasteiger partial charge in [-0.25, -0.2) is 13.1 Å². The van der Waals surface area contributed by atoms with Crippen molar-refractivity contribution in [1.29, 1.82) is 0 Å². The molecular weight excluding hydrogens is 579 g/mol. The third-order valence-electron chi connectivity index (χ3n) is 5.83. The van der Waals surface area contributed by atoms with Gasteiger partial charge in [0.1, 0.15) is 0 Å². The van der Waals surface area contributed by atoms with Crippen LogP contribution in [-0.2, 0) is 22.2 Å². The van der Waals surface area contributed by atoms with Crippen molar-refractivity contribution in [1.82, 2.24) is 9.29 Å². The molecule has 0 aliphatic rings. The summed E-state index contributed by atoms with van der Waals surface area (Å²) in [7, 11) is -4.42. The number of halogens is 4. The number of alkyl halides is 3. The lowest BCUT2D eigenvalue weighted by Crippen LogP contribution is -2.51. The minimum absolute atomic E-state index is 0.0526. The molecule has 2 N–H and O–H groups in total. The fraction of sp³-hybridized carbons (Fsp3) is 0.167. The second-order valence-electron chi connectivity index (χ2n) is 8.25. The standard InChI is InChI=1S/C24H19BrF3N3O5S/c25-17-6-9-19(10-7-17)37(35,36)29-15-23(32,24(26,27)28)21-14-30(13-16-4-2-1-3-5-16)22-12-18(31(33)34)8-11-20(21)22/h1-12,14,29,32H,13,15H2. The molecule has 0 spiro atoms. The number of aromatic nitrogens is 1. The summed E-state index contributed by atoms with van der Waals surface area (Å²) >= 11 is 3.15. The molecule has 0 bridgehead atoms. The van der Waals surface area contributed by atoms with E-state index in [0.29, 0.717) is 10.0 Å². The Balaban J connectivity index is 1.82. The summed E-state index contributed by atoms with van der Waals surface area (Å²) in [5, 5.41) is 22.2. The van der Waals surface area contributed by atoms with Gasteiger partial charge in [-0.3, -0.25) is 10.1 Å². The van der Waals surface area contributed by atoms with Crippen molar-refractivity contribution in [2.24, 2.45) is 0 Å². The number of nitro benzene ring substituents is 1. The van der Waals surface area contributed by atoms with E-state index >= 15 is 0 Å². The van der Waals surface area contributed by atoms with Crippen molar-refractivity contribution in [2.75, 3.05) is 6.54 Å². The third kappa shape index (κ3) is 5.39. The number of nitrogens with one attached hydrogen (secondary N) is 1. The molecule has 0 aliphatic heterocycles. The van der Waals surface area contributed by atoms with E-state index in [2.05, 4.69) is 15.9 Å². The number of non-ortho nitro benzene ring substituents is 1. The number of nitro groups is 1. The Hall–Kier alpha value is -3.26. The zero-order chi connectivity index (χ0) is 27.0. The summed E-state index contributed by atoms with van der Waals surface area (Å²) in [5.74, 6) is 0. The van der Waals surface area contributed by atoms with Crippen molar-refractivity contribution < 1.29 is 31.6 Å². The molecule has 0 aliphatic carbocycles. The largest absolute Gasteiger partial charge is 0.422 e. The van der Waals surface area contributed by atoms with Crippen molar-refractivity contribution in [3.63, 3.8) is 0 Å². The lowest BCUT2D eigenvalue weighted by atomic mass is 9.92. The van der Waals surface area contributed by atoms with Gasteiger partial charge in [0.25, 0.3) is 5.69 Å². The van der Waals surface area contributed by atoms with Gasteiger partial charge in [-0.1, -0.05) is 46.3 Å². The molecule has 8 nitrogen and oxygen atoms in total. The quantitative estimate of drug-likeness (QED) is 0.217. The Bertz CT molecular complexity index is 1560. The molecular formula is C24H19BrF3N3O5S. The summed E-state index contributed by atoms with van der Waals surface area (Å²) in [6.45, 7) is -1.37. The molecule has 0 saturated carbocycles. The van der Waals surface area contributed by atoms with Crippen LogP contribution in [0.3, 0.4) is 0 Å². The van der Waals surface area contributed by atoms with Gasteiger partial charge < -0.3 is 9.67 Å². The van der Waals surface area contributed by atoms with Gasteiger partial charge in [0.05, 0.1) is 21.9 Å². The lowest BCUT2D eigenvalue weighted by molar-refractivity contribution is -0.384. The van der Waals surface area contributed by atoms with Crippen LogP contribution in [-0.4, -0.2) is 35.7 Å². The maximum absolute atomic E-state index is 14.4. The summed E-state index contributed by atoms with van der Waals surface area (Å²) in [5.41, 5.74) is -3.86. The van der Waals surface area contributed by atoms with E-state index in [0.717, 1.165) is 24.4 Å². The van der Waals surface area contributed by atoms with E-state index in [1.165, 1.54) is 28.8 Å². The van der Waals surface area contributed by atoms with E-state index in [9.17, 15) is 36.8 Å². The Morgan fingerprint density at radius 1 is 1.03 bits per heavy atom. The van der Waals surface area contributed by atoms with Crippen molar-refractivity contribution >= 4 is 42.5 Å². The molecule has 0 saturated heterocycles. The number of nitrogens with zero attached hydrogens (tertiary/aromatic N) is 2. The summed E-state index contributed by atoms with van der Waals surface area (Å²) in [4.78, 5) is 10.4. The summed E-state index contributed by atoms with van der Waals surface area (Å²) in [6, 6.07) is 17.2. The minimum Gasteiger partial charge on any atom is -0.375 e. The summed E-state index contributed by atoms with van der Waals surface area (Å²) < 4.78 is 72.3. The van der Waals surface area contributed by atoms with Gasteiger partial charge >= 0.3 is 6.18 Å². The summed E-state index contributed by atoms with van der Waals surface area (Å²) in [6.07, 6.45) is -4.26. The average molecular weight is 598 g/mol. The molecule has 0 radical (unpaired) electrons. The van der Waals surface area contributed by atoms with Crippen LogP contribution in [0.25, 0.3) is 10.9 Å². The molecule has 0 amide bonds. The van der Waals surface area contributed by atoms with E-state index < -0.39 is 38.8 Å². The molecule has 194 valence electrons. The Kier molecular flexibility index (Phi) is 7.16. The first-order valence-corrected chi connectivity index (χ1v) is 13.0. The molecule has 3 aromatic carbocycles. The number of rotatable bonds is 8. The highest BCUT2D eigenvalue weighted by molar-refractivity contribution is 9.10. The van der Waals surface area contributed by atoms with E-state index in [1.807, 2.05) is 4.72 Å². The number of hydrogen-bond donors (Lipinski definition) is 2. The Morgan fingerprint density at radius 2 is 1.68 bits per heavy atom. The number of sulfonamides is 1. The van der Waals surface area contributed by atoms with Crippen LogP contribution < -0.4 is 4.72 Å². The van der Waals surface area contributed by atoms with Gasteiger partial charge in [-0.15, -0.1) is 0 Å². The van der Waals surface area contributed by atoms with E-state index in [-0.39, 0.29) is 28.0 Å². The molecule has 1 unspecified atom stereocenters. The van der Waals surface area contributed by atoms with Gasteiger partial charge in [-0.2, -0.15) is 13.2 Å². The molecule has 1 atom stereocenters. The molecule has 1 heterocycles. The van der Waals surface area contributed by atoms with Crippen LogP contribution in [0.15, 0.2) is 88.4 Å². The highest BCUT2D eigenvalue weighted by Crippen LogP contribution is 2.43. The van der Waals surface area contributed by atoms with E-state index in [1.54, 1.807) is 30.3 Å². The first-order valence-electron chi connectivity index (χ1n) is 10.7. The topological polar surface area (TPSA) is 114 Å². The highest BCUT2D eigenvalue weighted by Gasteiger charge is 2.56. The van der Waals surface area contributed by atoms with Crippen molar-refractivity contribution in [3.05, 3.63) is 105 Å². The average Bonchev–Trinajstić information content (AvgIpc) is 3.21. The molecule has 37 heavy (non-hydrogen) atoms.